The molecule has 1 rings (SSSR count). The van der Waals surface area contributed by atoms with Crippen molar-refractivity contribution in [2.24, 2.45) is 5.41 Å². The summed E-state index contributed by atoms with van der Waals surface area (Å²) in [5.41, 5.74) is -0.753. The van der Waals surface area contributed by atoms with E-state index in [1.54, 1.807) is 20.8 Å². The molecule has 1 heterocycles. The summed E-state index contributed by atoms with van der Waals surface area (Å²) in [4.78, 5) is 33.7. The lowest BCUT2D eigenvalue weighted by Crippen LogP contribution is -2.37. The number of carbonyl (C=O) groups is 3. The molecule has 20 heavy (non-hydrogen) atoms. The number of carboxylic acid groups (broad SMARTS) is 1. The van der Waals surface area contributed by atoms with Crippen molar-refractivity contribution in [2.45, 2.75) is 33.6 Å². The third-order valence-corrected chi connectivity index (χ3v) is 2.27. The molecule has 1 aromatic heterocycles. The Morgan fingerprint density at radius 3 is 2.40 bits per heavy atom. The van der Waals surface area contributed by atoms with E-state index in [-0.39, 0.29) is 24.7 Å². The number of carbonyl (C=O) groups excluding carboxylic acids is 2. The highest BCUT2D eigenvalue weighted by molar-refractivity contribution is 6.00. The first-order valence-electron chi connectivity index (χ1n) is 5.81. The molecule has 0 spiro atoms. The maximum absolute atomic E-state index is 11.6. The number of aromatic nitrogens is 2. The summed E-state index contributed by atoms with van der Waals surface area (Å²) in [6.07, 6.45) is -0.277. The van der Waals surface area contributed by atoms with Gasteiger partial charge in [-0.25, -0.2) is 4.79 Å². The molecule has 0 fully saturated rings. The third-order valence-electron chi connectivity index (χ3n) is 2.27. The molecule has 1 aromatic rings. The van der Waals surface area contributed by atoms with Crippen molar-refractivity contribution in [2.75, 3.05) is 5.32 Å². The van der Waals surface area contributed by atoms with Crippen molar-refractivity contribution in [3.8, 4) is 0 Å². The van der Waals surface area contributed by atoms with Crippen LogP contribution < -0.4 is 10.6 Å². The fourth-order valence-corrected chi connectivity index (χ4v) is 1.55. The highest BCUT2D eigenvalue weighted by atomic mass is 16.4. The number of carboxylic acids is 1. The summed E-state index contributed by atoms with van der Waals surface area (Å²) in [7, 11) is 0. The Hall–Kier alpha value is -2.45. The zero-order valence-electron chi connectivity index (χ0n) is 11.4. The predicted octanol–water partition coefficient (Wildman–Crippen LogP) is 0.917. The molecule has 0 saturated heterocycles. The van der Waals surface area contributed by atoms with E-state index >= 15 is 0 Å². The average Bonchev–Trinajstić information content (AvgIpc) is 2.59. The minimum atomic E-state index is -1.01. The van der Waals surface area contributed by atoms with Gasteiger partial charge >= 0.3 is 18.0 Å². The standard InChI is InChI=1S/C11H16N4O5/c1-6-14-15-10(20-6)13-9(19)12-7(16)4-11(2,3)5-8(17)18/h4-5H2,1-3H3,(H,17,18)(H2,12,13,15,16,19). The highest BCUT2D eigenvalue weighted by Gasteiger charge is 2.26. The van der Waals surface area contributed by atoms with E-state index in [0.29, 0.717) is 0 Å². The quantitative estimate of drug-likeness (QED) is 0.731. The number of rotatable bonds is 5. The Labute approximate surface area is 114 Å². The van der Waals surface area contributed by atoms with Crippen molar-refractivity contribution < 1.29 is 23.9 Å². The van der Waals surface area contributed by atoms with Gasteiger partial charge in [-0.15, -0.1) is 5.10 Å². The predicted molar refractivity (Wildman–Crippen MR) is 66.8 cm³/mol. The second-order valence-corrected chi connectivity index (χ2v) is 5.04. The molecule has 0 bridgehead atoms. The minimum Gasteiger partial charge on any atom is -0.481 e. The summed E-state index contributed by atoms with van der Waals surface area (Å²) in [5, 5.41) is 20.0. The van der Waals surface area contributed by atoms with Gasteiger partial charge in [0.2, 0.25) is 11.8 Å². The van der Waals surface area contributed by atoms with Gasteiger partial charge in [-0.2, -0.15) is 0 Å². The van der Waals surface area contributed by atoms with E-state index in [0.717, 1.165) is 0 Å². The molecule has 0 aliphatic heterocycles. The van der Waals surface area contributed by atoms with E-state index in [2.05, 4.69) is 20.8 Å². The molecule has 0 aromatic carbocycles. The lowest BCUT2D eigenvalue weighted by molar-refractivity contribution is -0.139. The third kappa shape index (κ3) is 5.46. The van der Waals surface area contributed by atoms with Crippen molar-refractivity contribution in [1.82, 2.24) is 15.5 Å². The molecule has 9 heteroatoms. The van der Waals surface area contributed by atoms with Gasteiger partial charge in [0.25, 0.3) is 0 Å². The van der Waals surface area contributed by atoms with Gasteiger partial charge in [-0.3, -0.25) is 20.2 Å². The van der Waals surface area contributed by atoms with Gasteiger partial charge in [0, 0.05) is 13.3 Å². The summed E-state index contributed by atoms with van der Waals surface area (Å²) in [6, 6.07) is -0.942. The Balaban J connectivity index is 2.45. The molecule has 9 nitrogen and oxygen atoms in total. The van der Waals surface area contributed by atoms with Crippen molar-refractivity contribution >= 4 is 23.9 Å². The lowest BCUT2D eigenvalue weighted by Gasteiger charge is -2.20. The molecular weight excluding hydrogens is 268 g/mol. The van der Waals surface area contributed by atoms with Crippen LogP contribution in [-0.4, -0.2) is 33.2 Å². The van der Waals surface area contributed by atoms with Crippen molar-refractivity contribution in [3.05, 3.63) is 5.89 Å². The maximum atomic E-state index is 11.6. The van der Waals surface area contributed by atoms with Gasteiger partial charge in [0.15, 0.2) is 0 Å². The monoisotopic (exact) mass is 284 g/mol. The molecular formula is C11H16N4O5. The van der Waals surface area contributed by atoms with Crippen LogP contribution in [0.1, 0.15) is 32.6 Å². The summed E-state index contributed by atoms with van der Waals surface area (Å²) in [6.45, 7) is 4.80. The van der Waals surface area contributed by atoms with E-state index in [4.69, 9.17) is 9.52 Å². The largest absolute Gasteiger partial charge is 0.481 e. The second kappa shape index (κ2) is 6.13. The van der Waals surface area contributed by atoms with Crippen LogP contribution in [0.3, 0.4) is 0 Å². The molecule has 0 radical (unpaired) electrons. The lowest BCUT2D eigenvalue weighted by atomic mass is 9.85. The summed E-state index contributed by atoms with van der Waals surface area (Å²) < 4.78 is 4.91. The zero-order chi connectivity index (χ0) is 15.3. The fraction of sp³-hybridized carbons (Fsp3) is 0.545. The number of aryl methyl sites for hydroxylation is 1. The van der Waals surface area contributed by atoms with E-state index in [1.807, 2.05) is 0 Å². The first-order valence-corrected chi connectivity index (χ1v) is 5.81. The smallest absolute Gasteiger partial charge is 0.329 e. The van der Waals surface area contributed by atoms with Crippen LogP contribution >= 0.6 is 0 Å². The Bertz CT molecular complexity index is 523. The Morgan fingerprint density at radius 2 is 1.90 bits per heavy atom. The van der Waals surface area contributed by atoms with Crippen molar-refractivity contribution in [1.29, 1.82) is 0 Å². The summed E-state index contributed by atoms with van der Waals surface area (Å²) >= 11 is 0. The molecule has 0 atom stereocenters. The zero-order valence-corrected chi connectivity index (χ0v) is 11.4. The molecule has 3 N–H and O–H groups in total. The van der Waals surface area contributed by atoms with Gasteiger partial charge in [0.1, 0.15) is 0 Å². The summed E-state index contributed by atoms with van der Waals surface area (Å²) in [5.74, 6) is -1.33. The van der Waals surface area contributed by atoms with Crippen LogP contribution in [-0.2, 0) is 9.59 Å². The van der Waals surface area contributed by atoms with Gasteiger partial charge in [-0.1, -0.05) is 18.9 Å². The number of hydrogen-bond acceptors (Lipinski definition) is 6. The van der Waals surface area contributed by atoms with Crippen LogP contribution in [0.4, 0.5) is 10.8 Å². The number of imide groups is 1. The normalized spacial score (nSPS) is 10.9. The van der Waals surface area contributed by atoms with Crippen molar-refractivity contribution in [3.63, 3.8) is 0 Å². The topological polar surface area (TPSA) is 134 Å². The average molecular weight is 284 g/mol. The first-order chi connectivity index (χ1) is 9.18. The van der Waals surface area contributed by atoms with Crippen LogP contribution in [0.25, 0.3) is 0 Å². The number of nitrogens with zero attached hydrogens (tertiary/aromatic N) is 2. The Kier molecular flexibility index (Phi) is 4.78. The van der Waals surface area contributed by atoms with E-state index < -0.39 is 23.3 Å². The van der Waals surface area contributed by atoms with Crippen LogP contribution in [0.5, 0.6) is 0 Å². The molecule has 0 aliphatic carbocycles. The second-order valence-electron chi connectivity index (χ2n) is 5.04. The van der Waals surface area contributed by atoms with E-state index in [1.165, 1.54) is 0 Å². The highest BCUT2D eigenvalue weighted by Crippen LogP contribution is 2.24. The number of amides is 3. The number of anilines is 1. The molecule has 0 aliphatic rings. The number of urea groups is 1. The molecule has 3 amide bonds. The minimum absolute atomic E-state index is 0.102. The van der Waals surface area contributed by atoms with Crippen LogP contribution in [0.15, 0.2) is 4.42 Å². The number of aliphatic carboxylic acids is 1. The SMILES string of the molecule is Cc1nnc(NC(=O)NC(=O)CC(C)(C)CC(=O)O)o1. The van der Waals surface area contributed by atoms with Gasteiger partial charge < -0.3 is 9.52 Å². The fourth-order valence-electron chi connectivity index (χ4n) is 1.55. The van der Waals surface area contributed by atoms with Crippen LogP contribution in [0, 0.1) is 12.3 Å². The van der Waals surface area contributed by atoms with Gasteiger partial charge in [-0.05, 0) is 5.41 Å². The van der Waals surface area contributed by atoms with Gasteiger partial charge in [0.05, 0.1) is 6.42 Å². The molecule has 110 valence electrons. The molecule has 0 unspecified atom stereocenters. The first kappa shape index (κ1) is 15.6. The number of hydrogen-bond donors (Lipinski definition) is 3. The maximum Gasteiger partial charge on any atom is 0.329 e. The van der Waals surface area contributed by atoms with E-state index in [9.17, 15) is 14.4 Å². The Morgan fingerprint density at radius 1 is 1.25 bits per heavy atom. The van der Waals surface area contributed by atoms with Crippen LogP contribution in [0.2, 0.25) is 0 Å². The number of nitrogens with one attached hydrogen (secondary N) is 2. The molecule has 0 saturated carbocycles.